The third-order valence-corrected chi connectivity index (χ3v) is 8.36. The number of rotatable bonds is 11. The normalized spacial score (nSPS) is 14.0. The number of aromatic nitrogens is 2. The summed E-state index contributed by atoms with van der Waals surface area (Å²) in [5, 5.41) is 8.13. The van der Waals surface area contributed by atoms with Crippen LogP contribution in [0.5, 0.6) is 0 Å². The van der Waals surface area contributed by atoms with E-state index in [1.54, 1.807) is 36.9 Å². The fraction of sp³-hybridized carbons (Fsp3) is 0.448. The highest BCUT2D eigenvalue weighted by Crippen LogP contribution is 2.38. The number of thioether (sulfide) groups is 1. The molecule has 1 aromatic heterocycles. The van der Waals surface area contributed by atoms with Gasteiger partial charge in [0.2, 0.25) is 0 Å². The van der Waals surface area contributed by atoms with Gasteiger partial charge in [0.25, 0.3) is 5.91 Å². The highest BCUT2D eigenvalue weighted by molar-refractivity contribution is 8.00. The largest absolute Gasteiger partial charge is 0.322 e. The van der Waals surface area contributed by atoms with E-state index < -0.39 is 0 Å². The van der Waals surface area contributed by atoms with E-state index in [1.165, 1.54) is 6.07 Å². The molecule has 0 fully saturated rings. The van der Waals surface area contributed by atoms with Gasteiger partial charge in [-0.05, 0) is 92.0 Å². The molecule has 3 unspecified atom stereocenters. The Labute approximate surface area is 224 Å². The Morgan fingerprint density at radius 3 is 2.53 bits per heavy atom. The van der Waals surface area contributed by atoms with Crippen LogP contribution in [0.4, 0.5) is 10.1 Å². The van der Waals surface area contributed by atoms with Crippen molar-refractivity contribution in [1.29, 1.82) is 0 Å². The molecule has 0 aliphatic heterocycles. The van der Waals surface area contributed by atoms with Crippen molar-refractivity contribution in [2.75, 3.05) is 5.32 Å². The summed E-state index contributed by atoms with van der Waals surface area (Å²) in [6, 6.07) is 10.4. The van der Waals surface area contributed by atoms with Crippen LogP contribution in [0.2, 0.25) is 5.02 Å². The van der Waals surface area contributed by atoms with E-state index in [0.717, 1.165) is 29.8 Å². The average molecular weight is 530 g/mol. The van der Waals surface area contributed by atoms with Gasteiger partial charge in [-0.3, -0.25) is 9.48 Å². The van der Waals surface area contributed by atoms with E-state index >= 15 is 0 Å². The smallest absolute Gasteiger partial charge is 0.255 e. The Balaban J connectivity index is 1.72. The lowest BCUT2D eigenvalue weighted by molar-refractivity contribution is 0.102. The summed E-state index contributed by atoms with van der Waals surface area (Å²) >= 11 is 8.28. The maximum Gasteiger partial charge on any atom is 0.255 e. The highest BCUT2D eigenvalue weighted by Gasteiger charge is 2.24. The molecule has 0 radical (unpaired) electrons. The molecule has 3 rings (SSSR count). The number of amides is 1. The Morgan fingerprint density at radius 2 is 1.89 bits per heavy atom. The molecule has 3 atom stereocenters. The van der Waals surface area contributed by atoms with Crippen LogP contribution >= 0.6 is 23.4 Å². The number of carbonyl (C=O) groups is 1. The van der Waals surface area contributed by atoms with Gasteiger partial charge in [-0.1, -0.05) is 39.3 Å². The van der Waals surface area contributed by atoms with Crippen molar-refractivity contribution in [3.63, 3.8) is 0 Å². The van der Waals surface area contributed by atoms with Gasteiger partial charge in [-0.25, -0.2) is 4.39 Å². The number of hydrogen-bond acceptors (Lipinski definition) is 3. The molecule has 3 aromatic rings. The van der Waals surface area contributed by atoms with Crippen molar-refractivity contribution in [2.45, 2.75) is 71.1 Å². The minimum Gasteiger partial charge on any atom is -0.322 e. The van der Waals surface area contributed by atoms with Crippen LogP contribution in [-0.2, 0) is 6.54 Å². The Morgan fingerprint density at radius 1 is 1.14 bits per heavy atom. The molecular weight excluding hydrogens is 493 g/mol. The quantitative estimate of drug-likeness (QED) is 0.253. The molecule has 0 aliphatic carbocycles. The number of aryl methyl sites for hydroxylation is 1. The molecule has 0 saturated carbocycles. The molecule has 7 heteroatoms. The SMILES string of the molecule is Cc1cc(NC(=O)c2ccc(Cl)c(SC(C)C(CC(C)C)CC(C)Cn3cccn3)c2)cc(F)c1C. The van der Waals surface area contributed by atoms with Crippen LogP contribution in [0.15, 0.2) is 53.7 Å². The second-order valence-electron chi connectivity index (χ2n) is 10.3. The predicted molar refractivity (Wildman–Crippen MR) is 150 cm³/mol. The summed E-state index contributed by atoms with van der Waals surface area (Å²) < 4.78 is 16.1. The Bertz CT molecular complexity index is 1140. The minimum atomic E-state index is -0.329. The van der Waals surface area contributed by atoms with Crippen molar-refractivity contribution >= 4 is 35.0 Å². The molecule has 4 nitrogen and oxygen atoms in total. The lowest BCUT2D eigenvalue weighted by atomic mass is 9.86. The summed E-state index contributed by atoms with van der Waals surface area (Å²) in [4.78, 5) is 13.8. The van der Waals surface area contributed by atoms with Gasteiger partial charge in [-0.15, -0.1) is 11.8 Å². The Hall–Kier alpha value is -2.31. The zero-order valence-electron chi connectivity index (χ0n) is 22.0. The van der Waals surface area contributed by atoms with Crippen LogP contribution in [-0.4, -0.2) is 20.9 Å². The number of carbonyl (C=O) groups excluding carboxylic acids is 1. The van der Waals surface area contributed by atoms with Gasteiger partial charge < -0.3 is 5.32 Å². The number of hydrogen-bond donors (Lipinski definition) is 1. The van der Waals surface area contributed by atoms with Crippen LogP contribution < -0.4 is 5.32 Å². The molecule has 0 aliphatic rings. The molecule has 0 spiro atoms. The topological polar surface area (TPSA) is 46.9 Å². The lowest BCUT2D eigenvalue weighted by Gasteiger charge is -2.28. The van der Waals surface area contributed by atoms with Crippen LogP contribution in [0.25, 0.3) is 0 Å². The summed E-state index contributed by atoms with van der Waals surface area (Å²) in [6.07, 6.45) is 6.03. The molecular formula is C29H37ClFN3OS. The van der Waals surface area contributed by atoms with Gasteiger partial charge in [0.1, 0.15) is 5.82 Å². The van der Waals surface area contributed by atoms with Crippen molar-refractivity contribution in [1.82, 2.24) is 9.78 Å². The van der Waals surface area contributed by atoms with Crippen molar-refractivity contribution < 1.29 is 9.18 Å². The summed E-state index contributed by atoms with van der Waals surface area (Å²) in [6.45, 7) is 13.5. The van der Waals surface area contributed by atoms with Gasteiger partial charge >= 0.3 is 0 Å². The lowest BCUT2D eigenvalue weighted by Crippen LogP contribution is -2.21. The maximum absolute atomic E-state index is 14.1. The van der Waals surface area contributed by atoms with Gasteiger partial charge in [0.05, 0.1) is 5.02 Å². The second-order valence-corrected chi connectivity index (χ2v) is 12.1. The monoisotopic (exact) mass is 529 g/mol. The fourth-order valence-corrected chi connectivity index (χ4v) is 5.97. The third-order valence-electron chi connectivity index (χ3n) is 6.57. The molecule has 0 bridgehead atoms. The number of halogens is 2. The first-order valence-corrected chi connectivity index (χ1v) is 13.8. The molecule has 1 N–H and O–H groups in total. The van der Waals surface area contributed by atoms with E-state index in [2.05, 4.69) is 38.1 Å². The first-order chi connectivity index (χ1) is 17.0. The maximum atomic E-state index is 14.1. The zero-order chi connectivity index (χ0) is 26.4. The van der Waals surface area contributed by atoms with Gasteiger partial charge in [-0.2, -0.15) is 5.10 Å². The van der Waals surface area contributed by atoms with Gasteiger partial charge in [0.15, 0.2) is 0 Å². The summed E-state index contributed by atoms with van der Waals surface area (Å²) in [7, 11) is 0. The first-order valence-electron chi connectivity index (χ1n) is 12.5. The molecule has 1 heterocycles. The molecule has 1 amide bonds. The first kappa shape index (κ1) is 28.3. The van der Waals surface area contributed by atoms with Crippen LogP contribution in [0, 0.1) is 37.4 Å². The van der Waals surface area contributed by atoms with E-state index in [-0.39, 0.29) is 11.7 Å². The zero-order valence-corrected chi connectivity index (χ0v) is 23.6. The standard InChI is InChI=1S/C29H37ClFN3OS/c1-18(2)12-24(13-19(3)17-34-11-7-10-32-34)22(6)36-28-15-23(8-9-26(28)30)29(35)33-25-14-20(4)21(5)27(31)16-25/h7-11,14-16,18-19,22,24H,12-13,17H2,1-6H3,(H,33,35). The van der Waals surface area contributed by atoms with Crippen molar-refractivity contribution in [3.05, 3.63) is 76.3 Å². The van der Waals surface area contributed by atoms with Crippen LogP contribution in [0.3, 0.4) is 0 Å². The number of nitrogens with zero attached hydrogens (tertiary/aromatic N) is 2. The Kier molecular flexibility index (Phi) is 10.0. The van der Waals surface area contributed by atoms with Gasteiger partial charge in [0, 0.05) is 40.3 Å². The van der Waals surface area contributed by atoms with E-state index in [4.69, 9.17) is 11.6 Å². The number of benzene rings is 2. The summed E-state index contributed by atoms with van der Waals surface area (Å²) in [5.74, 6) is 0.955. The van der Waals surface area contributed by atoms with Crippen molar-refractivity contribution in [3.8, 4) is 0 Å². The fourth-order valence-electron chi connectivity index (χ4n) is 4.53. The molecule has 0 saturated heterocycles. The number of anilines is 1. The average Bonchev–Trinajstić information content (AvgIpc) is 3.30. The second kappa shape index (κ2) is 12.8. The van der Waals surface area contributed by atoms with E-state index in [1.807, 2.05) is 36.1 Å². The number of nitrogens with one attached hydrogen (secondary N) is 1. The molecule has 2 aromatic carbocycles. The van der Waals surface area contributed by atoms with Crippen molar-refractivity contribution in [2.24, 2.45) is 17.8 Å². The van der Waals surface area contributed by atoms with E-state index in [0.29, 0.717) is 44.8 Å². The van der Waals surface area contributed by atoms with E-state index in [9.17, 15) is 9.18 Å². The molecule has 36 heavy (non-hydrogen) atoms. The third kappa shape index (κ3) is 7.84. The predicted octanol–water partition coefficient (Wildman–Crippen LogP) is 8.41. The highest BCUT2D eigenvalue weighted by atomic mass is 35.5. The van der Waals surface area contributed by atoms with Crippen LogP contribution in [0.1, 0.15) is 62.0 Å². The minimum absolute atomic E-state index is 0.282. The summed E-state index contributed by atoms with van der Waals surface area (Å²) in [5.41, 5.74) is 2.33. The molecule has 194 valence electrons.